The van der Waals surface area contributed by atoms with Gasteiger partial charge in [-0.3, -0.25) is 9.48 Å². The van der Waals surface area contributed by atoms with Gasteiger partial charge in [0.25, 0.3) is 15.9 Å². The highest BCUT2D eigenvalue weighted by molar-refractivity contribution is 7.90. The SMILES string of the molecule is Cc1nn(C)c(-n2ccc3cc(Cl)ccc32)c1/C=C/C(=O)NS(=O)(=O)c1cccc(C(F)(F)F)c1. The summed E-state index contributed by atoms with van der Waals surface area (Å²) in [6.07, 6.45) is -0.526. The van der Waals surface area contributed by atoms with Crippen molar-refractivity contribution < 1.29 is 26.4 Å². The maximum Gasteiger partial charge on any atom is 0.416 e. The second kappa shape index (κ2) is 8.90. The molecule has 182 valence electrons. The summed E-state index contributed by atoms with van der Waals surface area (Å²) >= 11 is 6.07. The first-order valence-corrected chi connectivity index (χ1v) is 12.0. The Hall–Kier alpha value is -3.57. The topological polar surface area (TPSA) is 86.0 Å². The average molecular weight is 523 g/mol. The van der Waals surface area contributed by atoms with Crippen LogP contribution in [0.25, 0.3) is 22.8 Å². The van der Waals surface area contributed by atoms with Crippen molar-refractivity contribution in [2.45, 2.75) is 18.0 Å². The molecule has 4 aromatic rings. The van der Waals surface area contributed by atoms with Crippen LogP contribution in [-0.4, -0.2) is 28.7 Å². The molecular formula is C23H18ClF3N4O3S. The molecule has 0 spiro atoms. The molecular weight excluding hydrogens is 505 g/mol. The summed E-state index contributed by atoms with van der Waals surface area (Å²) in [5.74, 6) is -0.412. The molecule has 12 heteroatoms. The lowest BCUT2D eigenvalue weighted by Gasteiger charge is -2.10. The third kappa shape index (κ3) is 4.96. The highest BCUT2D eigenvalue weighted by Crippen LogP contribution is 2.30. The molecule has 0 saturated carbocycles. The average Bonchev–Trinajstić information content (AvgIpc) is 3.30. The number of halogens is 4. The fraction of sp³-hybridized carbons (Fsp3) is 0.130. The second-order valence-corrected chi connectivity index (χ2v) is 9.78. The number of sulfonamides is 1. The van der Waals surface area contributed by atoms with Crippen LogP contribution in [0.4, 0.5) is 13.2 Å². The zero-order valence-corrected chi connectivity index (χ0v) is 19.9. The molecule has 0 saturated heterocycles. The van der Waals surface area contributed by atoms with E-state index in [0.717, 1.165) is 35.2 Å². The van der Waals surface area contributed by atoms with Gasteiger partial charge in [0, 0.05) is 35.3 Å². The summed E-state index contributed by atoms with van der Waals surface area (Å²) in [5.41, 5.74) is 0.817. The quantitative estimate of drug-likeness (QED) is 0.379. The van der Waals surface area contributed by atoms with Gasteiger partial charge in [-0.15, -0.1) is 0 Å². The lowest BCUT2D eigenvalue weighted by molar-refractivity contribution is -0.137. The lowest BCUT2D eigenvalue weighted by atomic mass is 10.2. The van der Waals surface area contributed by atoms with Crippen LogP contribution in [0.15, 0.2) is 65.7 Å². The molecule has 0 bridgehead atoms. The maximum absolute atomic E-state index is 12.9. The molecule has 0 atom stereocenters. The summed E-state index contributed by atoms with van der Waals surface area (Å²) in [6.45, 7) is 1.73. The first-order chi connectivity index (χ1) is 16.4. The molecule has 2 heterocycles. The van der Waals surface area contributed by atoms with E-state index < -0.39 is 32.6 Å². The van der Waals surface area contributed by atoms with Crippen molar-refractivity contribution in [1.29, 1.82) is 0 Å². The van der Waals surface area contributed by atoms with Crippen molar-refractivity contribution in [3.63, 3.8) is 0 Å². The van der Waals surface area contributed by atoms with Gasteiger partial charge in [-0.05, 0) is 55.5 Å². The normalized spacial score (nSPS) is 12.5. The van der Waals surface area contributed by atoms with Gasteiger partial charge < -0.3 is 4.57 Å². The van der Waals surface area contributed by atoms with E-state index in [1.807, 2.05) is 22.9 Å². The zero-order valence-electron chi connectivity index (χ0n) is 18.3. The number of carbonyl (C=O) groups excluding carboxylic acids is 1. The van der Waals surface area contributed by atoms with E-state index in [9.17, 15) is 26.4 Å². The van der Waals surface area contributed by atoms with Crippen molar-refractivity contribution in [2.75, 3.05) is 0 Å². The molecule has 0 aliphatic heterocycles. The van der Waals surface area contributed by atoms with Gasteiger partial charge in [0.15, 0.2) is 0 Å². The predicted octanol–water partition coefficient (Wildman–Crippen LogP) is 4.86. The molecule has 1 amide bonds. The minimum absolute atomic E-state index is 0.464. The van der Waals surface area contributed by atoms with E-state index in [4.69, 9.17) is 11.6 Å². The first-order valence-electron chi connectivity index (χ1n) is 10.1. The number of nitrogens with zero attached hydrogens (tertiary/aromatic N) is 3. The summed E-state index contributed by atoms with van der Waals surface area (Å²) in [4.78, 5) is 11.7. The lowest BCUT2D eigenvalue weighted by Crippen LogP contribution is -2.29. The number of fused-ring (bicyclic) bond motifs is 1. The number of aryl methyl sites for hydroxylation is 2. The number of nitrogens with one attached hydrogen (secondary N) is 1. The summed E-state index contributed by atoms with van der Waals surface area (Å²) in [5, 5.41) is 5.85. The molecule has 0 radical (unpaired) electrons. The third-order valence-corrected chi connectivity index (χ3v) is 6.81. The van der Waals surface area contributed by atoms with Crippen LogP contribution in [-0.2, 0) is 28.0 Å². The Bertz CT molecular complexity index is 1590. The van der Waals surface area contributed by atoms with Crippen LogP contribution in [0, 0.1) is 6.92 Å². The fourth-order valence-corrected chi connectivity index (χ4v) is 4.84. The Morgan fingerprint density at radius 2 is 1.89 bits per heavy atom. The van der Waals surface area contributed by atoms with Crippen molar-refractivity contribution in [3.8, 4) is 5.82 Å². The number of hydrogen-bond acceptors (Lipinski definition) is 4. The molecule has 0 aliphatic rings. The smallest absolute Gasteiger partial charge is 0.301 e. The molecule has 35 heavy (non-hydrogen) atoms. The van der Waals surface area contributed by atoms with Crippen LogP contribution in [0.5, 0.6) is 0 Å². The molecule has 2 aromatic heterocycles. The molecule has 7 nitrogen and oxygen atoms in total. The number of amides is 1. The van der Waals surface area contributed by atoms with Crippen molar-refractivity contribution in [1.82, 2.24) is 19.1 Å². The van der Waals surface area contributed by atoms with Gasteiger partial charge in [0.1, 0.15) is 5.82 Å². The van der Waals surface area contributed by atoms with Gasteiger partial charge in [-0.1, -0.05) is 17.7 Å². The third-order valence-electron chi connectivity index (χ3n) is 5.23. The van der Waals surface area contributed by atoms with Crippen LogP contribution in [0.2, 0.25) is 5.02 Å². The van der Waals surface area contributed by atoms with Gasteiger partial charge >= 0.3 is 6.18 Å². The first kappa shape index (κ1) is 24.6. The number of carbonyl (C=O) groups is 1. The summed E-state index contributed by atoms with van der Waals surface area (Å²) in [6, 6.07) is 10.4. The Morgan fingerprint density at radius 3 is 2.60 bits per heavy atom. The molecule has 1 N–H and O–H groups in total. The van der Waals surface area contributed by atoms with Crippen LogP contribution < -0.4 is 4.72 Å². The Kier molecular flexibility index (Phi) is 6.24. The molecule has 0 fully saturated rings. The van der Waals surface area contributed by atoms with Gasteiger partial charge in [-0.2, -0.15) is 18.3 Å². The van der Waals surface area contributed by atoms with Crippen molar-refractivity contribution in [3.05, 3.63) is 82.6 Å². The van der Waals surface area contributed by atoms with Gasteiger partial charge in [0.2, 0.25) is 0 Å². The van der Waals surface area contributed by atoms with E-state index >= 15 is 0 Å². The molecule has 0 aliphatic carbocycles. The number of alkyl halides is 3. The van der Waals surface area contributed by atoms with Crippen molar-refractivity contribution in [2.24, 2.45) is 7.05 Å². The standard InChI is InChI=1S/C23H18ClF3N4O3S/c1-14-19(22(30(2)28-14)31-11-10-15-12-17(24)6-8-20(15)31)7-9-21(32)29-35(33,34)18-5-3-4-16(13-18)23(25,26)27/h3-13H,1-2H3,(H,29,32)/b9-7+. The van der Waals surface area contributed by atoms with Crippen molar-refractivity contribution >= 4 is 44.5 Å². The van der Waals surface area contributed by atoms with Crippen LogP contribution in [0.1, 0.15) is 16.8 Å². The number of hydrogen-bond donors (Lipinski definition) is 1. The van der Waals surface area contributed by atoms with Crippen LogP contribution >= 0.6 is 11.6 Å². The van der Waals surface area contributed by atoms with E-state index in [1.165, 1.54) is 6.08 Å². The highest BCUT2D eigenvalue weighted by Gasteiger charge is 2.31. The van der Waals surface area contributed by atoms with E-state index in [2.05, 4.69) is 5.10 Å². The second-order valence-electron chi connectivity index (χ2n) is 7.66. The molecule has 4 rings (SSSR count). The van der Waals surface area contributed by atoms with Gasteiger partial charge in [-0.25, -0.2) is 13.1 Å². The monoisotopic (exact) mass is 522 g/mol. The minimum Gasteiger partial charge on any atom is -0.301 e. The predicted molar refractivity (Wildman–Crippen MR) is 126 cm³/mol. The minimum atomic E-state index is -4.72. The Labute approximate surface area is 203 Å². The largest absolute Gasteiger partial charge is 0.416 e. The highest BCUT2D eigenvalue weighted by atomic mass is 35.5. The number of rotatable bonds is 5. The number of aromatic nitrogens is 3. The van der Waals surface area contributed by atoms with E-state index in [0.29, 0.717) is 28.2 Å². The number of benzene rings is 2. The zero-order chi connectivity index (χ0) is 25.5. The van der Waals surface area contributed by atoms with Crippen LogP contribution in [0.3, 0.4) is 0 Å². The Morgan fingerprint density at radius 1 is 1.14 bits per heavy atom. The summed E-state index contributed by atoms with van der Waals surface area (Å²) < 4.78 is 68.9. The molecule has 0 unspecified atom stereocenters. The summed E-state index contributed by atoms with van der Waals surface area (Å²) in [7, 11) is -2.81. The maximum atomic E-state index is 12.9. The molecule has 2 aromatic carbocycles. The van der Waals surface area contributed by atoms with E-state index in [1.54, 1.807) is 35.5 Å². The van der Waals surface area contributed by atoms with Gasteiger partial charge in [0.05, 0.1) is 21.7 Å². The Balaban J connectivity index is 1.63. The fourth-order valence-electron chi connectivity index (χ4n) is 3.67. The van der Waals surface area contributed by atoms with E-state index in [-0.39, 0.29) is 0 Å².